The van der Waals surface area contributed by atoms with E-state index in [-0.39, 0.29) is 0 Å². The smallest absolute Gasteiger partial charge is 0.191 e. The van der Waals surface area contributed by atoms with E-state index in [9.17, 15) is 5.11 Å². The average molecular weight is 389 g/mol. The van der Waals surface area contributed by atoms with Gasteiger partial charge in [0.2, 0.25) is 0 Å². The largest absolute Gasteiger partial charge is 0.384 e. The van der Waals surface area contributed by atoms with Crippen LogP contribution in [0.25, 0.3) is 0 Å². The van der Waals surface area contributed by atoms with Crippen molar-refractivity contribution in [1.29, 1.82) is 0 Å². The monoisotopic (exact) mass is 388 g/mol. The summed E-state index contributed by atoms with van der Waals surface area (Å²) in [4.78, 5) is 6.96. The Bertz CT molecular complexity index is 713. The Morgan fingerprint density at radius 1 is 1.22 bits per heavy atom. The number of rotatable bonds is 9. The highest BCUT2D eigenvalue weighted by molar-refractivity contribution is 7.08. The molecule has 0 spiro atoms. The second-order valence-electron chi connectivity index (χ2n) is 6.98. The molecule has 0 radical (unpaired) electrons. The van der Waals surface area contributed by atoms with Crippen LogP contribution in [0.1, 0.15) is 37.5 Å². The Hall–Kier alpha value is -1.89. The number of hydrogen-bond donors (Lipinski definition) is 3. The Morgan fingerprint density at radius 3 is 2.67 bits per heavy atom. The molecule has 2 rings (SSSR count). The zero-order chi connectivity index (χ0) is 19.7. The molecule has 1 atom stereocenters. The Morgan fingerprint density at radius 2 is 2.00 bits per heavy atom. The average Bonchev–Trinajstić information content (AvgIpc) is 3.20. The maximum absolute atomic E-state index is 10.7. The second-order valence-corrected chi connectivity index (χ2v) is 7.76. The summed E-state index contributed by atoms with van der Waals surface area (Å²) in [5, 5.41) is 21.1. The van der Waals surface area contributed by atoms with Gasteiger partial charge in [-0.05, 0) is 61.0 Å². The molecule has 0 aliphatic rings. The van der Waals surface area contributed by atoms with Gasteiger partial charge in [0.15, 0.2) is 5.96 Å². The van der Waals surface area contributed by atoms with Crippen LogP contribution in [-0.4, -0.2) is 42.6 Å². The lowest BCUT2D eigenvalue weighted by atomic mass is 9.99. The first kappa shape index (κ1) is 21.4. The number of nitrogens with zero attached hydrogens (tertiary/aromatic N) is 2. The van der Waals surface area contributed by atoms with Gasteiger partial charge in [0.1, 0.15) is 5.60 Å². The Labute approximate surface area is 167 Å². The van der Waals surface area contributed by atoms with Gasteiger partial charge >= 0.3 is 0 Å². The first-order valence-corrected chi connectivity index (χ1v) is 10.4. The molecule has 0 aliphatic heterocycles. The van der Waals surface area contributed by atoms with Gasteiger partial charge in [0.25, 0.3) is 0 Å². The standard InChI is InChI=1S/C21H32N4OS/c1-5-22-20(24-16-21(3,26)19-10-11-27-15-19)23-13-17-8-7-9-18(12-17)14-25(4)6-2/h7-12,15,26H,5-6,13-14,16H2,1-4H3,(H2,22,23,24). The van der Waals surface area contributed by atoms with Crippen LogP contribution >= 0.6 is 11.3 Å². The maximum Gasteiger partial charge on any atom is 0.191 e. The molecule has 0 saturated carbocycles. The van der Waals surface area contributed by atoms with E-state index in [1.165, 1.54) is 11.1 Å². The fraction of sp³-hybridized carbons (Fsp3) is 0.476. The summed E-state index contributed by atoms with van der Waals surface area (Å²) in [6, 6.07) is 10.5. The number of aliphatic imine (C=N–C) groups is 1. The highest BCUT2D eigenvalue weighted by atomic mass is 32.1. The van der Waals surface area contributed by atoms with Gasteiger partial charge in [-0.2, -0.15) is 11.3 Å². The molecule has 0 aliphatic carbocycles. The van der Waals surface area contributed by atoms with E-state index < -0.39 is 5.60 Å². The van der Waals surface area contributed by atoms with E-state index >= 15 is 0 Å². The molecule has 1 heterocycles. The topological polar surface area (TPSA) is 59.9 Å². The summed E-state index contributed by atoms with van der Waals surface area (Å²) in [6.45, 7) is 9.75. The SMILES string of the molecule is CCNC(=NCc1cccc(CN(C)CC)c1)NCC(C)(O)c1ccsc1. The fourth-order valence-corrected chi connectivity index (χ4v) is 3.47. The maximum atomic E-state index is 10.7. The lowest BCUT2D eigenvalue weighted by Crippen LogP contribution is -2.44. The predicted octanol–water partition coefficient (Wildman–Crippen LogP) is 3.16. The summed E-state index contributed by atoms with van der Waals surface area (Å²) in [5.41, 5.74) is 2.47. The number of thiophene rings is 1. The molecule has 148 valence electrons. The number of aliphatic hydroxyl groups is 1. The third-order valence-electron chi connectivity index (χ3n) is 4.49. The van der Waals surface area contributed by atoms with Crippen molar-refractivity contribution >= 4 is 17.3 Å². The minimum absolute atomic E-state index is 0.400. The van der Waals surface area contributed by atoms with Crippen LogP contribution < -0.4 is 10.6 Å². The summed E-state index contributed by atoms with van der Waals surface area (Å²) in [7, 11) is 2.12. The van der Waals surface area contributed by atoms with E-state index in [1.54, 1.807) is 11.3 Å². The first-order valence-electron chi connectivity index (χ1n) is 9.48. The summed E-state index contributed by atoms with van der Waals surface area (Å²) in [5.74, 6) is 0.712. The molecule has 0 fully saturated rings. The molecular formula is C21H32N4OS. The molecule has 0 amide bonds. The van der Waals surface area contributed by atoms with Gasteiger partial charge in [-0.1, -0.05) is 31.2 Å². The first-order chi connectivity index (χ1) is 12.9. The number of benzene rings is 1. The summed E-state index contributed by atoms with van der Waals surface area (Å²) in [6.07, 6.45) is 0. The van der Waals surface area contributed by atoms with Crippen LogP contribution in [0, 0.1) is 0 Å². The van der Waals surface area contributed by atoms with Crippen LogP contribution in [0.4, 0.5) is 0 Å². The number of nitrogens with one attached hydrogen (secondary N) is 2. The molecular weight excluding hydrogens is 356 g/mol. The zero-order valence-corrected chi connectivity index (χ0v) is 17.6. The van der Waals surface area contributed by atoms with Crippen LogP contribution in [0.5, 0.6) is 0 Å². The predicted molar refractivity (Wildman–Crippen MR) is 115 cm³/mol. The van der Waals surface area contributed by atoms with Gasteiger partial charge in [-0.15, -0.1) is 0 Å². The van der Waals surface area contributed by atoms with E-state index in [0.29, 0.717) is 19.0 Å². The Kier molecular flexibility index (Phi) is 8.28. The molecule has 2 aromatic rings. The quantitative estimate of drug-likeness (QED) is 0.456. The van der Waals surface area contributed by atoms with Crippen molar-refractivity contribution in [3.63, 3.8) is 0 Å². The van der Waals surface area contributed by atoms with Crippen molar-refractivity contribution in [2.24, 2.45) is 4.99 Å². The summed E-state index contributed by atoms with van der Waals surface area (Å²) < 4.78 is 0. The fourth-order valence-electron chi connectivity index (χ4n) is 2.69. The molecule has 3 N–H and O–H groups in total. The molecule has 6 heteroatoms. The molecule has 27 heavy (non-hydrogen) atoms. The molecule has 0 bridgehead atoms. The van der Waals surface area contributed by atoms with E-state index in [4.69, 9.17) is 0 Å². The third kappa shape index (κ3) is 6.97. The van der Waals surface area contributed by atoms with Crippen LogP contribution in [-0.2, 0) is 18.7 Å². The molecule has 5 nitrogen and oxygen atoms in total. The molecule has 1 aromatic carbocycles. The van der Waals surface area contributed by atoms with Gasteiger partial charge in [-0.3, -0.25) is 0 Å². The molecule has 1 aromatic heterocycles. The van der Waals surface area contributed by atoms with Crippen LogP contribution in [0.15, 0.2) is 46.1 Å². The lowest BCUT2D eigenvalue weighted by Gasteiger charge is -2.24. The van der Waals surface area contributed by atoms with Gasteiger partial charge < -0.3 is 20.6 Å². The van der Waals surface area contributed by atoms with Gasteiger partial charge in [0, 0.05) is 13.1 Å². The number of guanidine groups is 1. The number of hydrogen-bond acceptors (Lipinski definition) is 4. The van der Waals surface area contributed by atoms with Crippen molar-refractivity contribution < 1.29 is 5.11 Å². The highest BCUT2D eigenvalue weighted by Gasteiger charge is 2.23. The van der Waals surface area contributed by atoms with Gasteiger partial charge in [-0.25, -0.2) is 4.99 Å². The second kappa shape index (κ2) is 10.4. The van der Waals surface area contributed by atoms with Gasteiger partial charge in [0.05, 0.1) is 13.1 Å². The zero-order valence-electron chi connectivity index (χ0n) is 16.8. The minimum atomic E-state index is -0.930. The van der Waals surface area contributed by atoms with E-state index in [1.807, 2.05) is 30.7 Å². The molecule has 0 saturated heterocycles. The van der Waals surface area contributed by atoms with E-state index in [2.05, 4.69) is 58.8 Å². The minimum Gasteiger partial charge on any atom is -0.384 e. The van der Waals surface area contributed by atoms with Crippen molar-refractivity contribution in [3.05, 3.63) is 57.8 Å². The van der Waals surface area contributed by atoms with Crippen molar-refractivity contribution in [2.75, 3.05) is 26.7 Å². The normalized spacial score (nSPS) is 14.2. The van der Waals surface area contributed by atoms with Crippen LogP contribution in [0.2, 0.25) is 0 Å². The lowest BCUT2D eigenvalue weighted by molar-refractivity contribution is 0.0621. The third-order valence-corrected chi connectivity index (χ3v) is 5.17. The summed E-state index contributed by atoms with van der Waals surface area (Å²) >= 11 is 1.59. The van der Waals surface area contributed by atoms with E-state index in [0.717, 1.165) is 25.2 Å². The van der Waals surface area contributed by atoms with Crippen molar-refractivity contribution in [1.82, 2.24) is 15.5 Å². The highest BCUT2D eigenvalue weighted by Crippen LogP contribution is 2.21. The van der Waals surface area contributed by atoms with Crippen molar-refractivity contribution in [3.8, 4) is 0 Å². The Balaban J connectivity index is 1.99. The van der Waals surface area contributed by atoms with Crippen molar-refractivity contribution in [2.45, 2.75) is 39.5 Å². The molecule has 1 unspecified atom stereocenters. The van der Waals surface area contributed by atoms with Crippen LogP contribution in [0.3, 0.4) is 0 Å².